The molecule has 1 aromatic carbocycles. The molecular formula is C24H32O6. The Bertz CT molecular complexity index is 897. The van der Waals surface area contributed by atoms with Crippen molar-refractivity contribution in [2.24, 2.45) is 11.3 Å². The maximum absolute atomic E-state index is 13.1. The Kier molecular flexibility index (Phi) is 5.74. The molecule has 1 fully saturated rings. The van der Waals surface area contributed by atoms with Crippen LogP contribution in [-0.2, 0) is 26.2 Å². The quantitative estimate of drug-likeness (QED) is 0.569. The number of carbonyl (C=O) groups excluding carboxylic acids is 2. The third-order valence-electron chi connectivity index (χ3n) is 7.11. The highest BCUT2D eigenvalue weighted by molar-refractivity contribution is 5.99. The number of hydrogen-bond donors (Lipinski definition) is 1. The van der Waals surface area contributed by atoms with Gasteiger partial charge in [-0.05, 0) is 59.6 Å². The molecule has 0 spiro atoms. The van der Waals surface area contributed by atoms with Gasteiger partial charge in [-0.25, -0.2) is 4.79 Å². The van der Waals surface area contributed by atoms with Crippen molar-refractivity contribution in [3.05, 3.63) is 28.3 Å². The molecule has 0 aliphatic heterocycles. The van der Waals surface area contributed by atoms with E-state index in [9.17, 15) is 19.5 Å². The van der Waals surface area contributed by atoms with Crippen LogP contribution in [0.1, 0.15) is 93.3 Å². The van der Waals surface area contributed by atoms with Crippen LogP contribution in [0, 0.1) is 11.3 Å². The second-order valence-electron chi connectivity index (χ2n) is 9.65. The third kappa shape index (κ3) is 3.30. The van der Waals surface area contributed by atoms with Crippen molar-refractivity contribution in [1.82, 2.24) is 0 Å². The molecule has 1 saturated carbocycles. The minimum Gasteiger partial charge on any atom is -0.481 e. The van der Waals surface area contributed by atoms with Gasteiger partial charge in [-0.15, -0.1) is 0 Å². The summed E-state index contributed by atoms with van der Waals surface area (Å²) in [7, 11) is 1.27. The Morgan fingerprint density at radius 3 is 2.40 bits per heavy atom. The van der Waals surface area contributed by atoms with E-state index in [1.165, 1.54) is 14.0 Å². The molecule has 1 unspecified atom stereocenters. The highest BCUT2D eigenvalue weighted by Gasteiger charge is 2.59. The number of esters is 2. The van der Waals surface area contributed by atoms with Crippen molar-refractivity contribution in [3.63, 3.8) is 0 Å². The normalized spacial score (nSPS) is 24.6. The fraction of sp³-hybridized carbons (Fsp3) is 0.625. The van der Waals surface area contributed by atoms with Crippen molar-refractivity contribution in [3.8, 4) is 5.75 Å². The van der Waals surface area contributed by atoms with E-state index in [-0.39, 0.29) is 28.6 Å². The van der Waals surface area contributed by atoms with Gasteiger partial charge in [0, 0.05) is 6.92 Å². The Labute approximate surface area is 177 Å². The van der Waals surface area contributed by atoms with Crippen LogP contribution in [0.25, 0.3) is 0 Å². The number of methoxy groups -OCH3 is 1. The predicted octanol–water partition coefficient (Wildman–Crippen LogP) is 4.62. The molecule has 6 nitrogen and oxygen atoms in total. The average molecular weight is 417 g/mol. The van der Waals surface area contributed by atoms with Gasteiger partial charge in [-0.3, -0.25) is 9.59 Å². The van der Waals surface area contributed by atoms with Gasteiger partial charge in [0.1, 0.15) is 11.3 Å². The summed E-state index contributed by atoms with van der Waals surface area (Å²) in [5.41, 5.74) is 0.790. The van der Waals surface area contributed by atoms with Gasteiger partial charge >= 0.3 is 17.9 Å². The minimum atomic E-state index is -1.21. The SMILES string of the molecule is COC(=O)c1c(OC(C)=O)c(C(C)C)cc2c1[C@@]1(C(=O)O)CCCC(C)(C)C1CC2. The van der Waals surface area contributed by atoms with Gasteiger partial charge in [0.25, 0.3) is 0 Å². The molecule has 6 heteroatoms. The molecule has 2 atom stereocenters. The number of ether oxygens (including phenoxy) is 2. The van der Waals surface area contributed by atoms with Gasteiger partial charge in [0.15, 0.2) is 0 Å². The Morgan fingerprint density at radius 2 is 1.87 bits per heavy atom. The minimum absolute atomic E-state index is 0.0191. The number of aliphatic carboxylic acids is 1. The summed E-state index contributed by atoms with van der Waals surface area (Å²) >= 11 is 0. The molecule has 3 rings (SSSR count). The van der Waals surface area contributed by atoms with E-state index in [0.29, 0.717) is 18.4 Å². The molecule has 2 aliphatic carbocycles. The first kappa shape index (κ1) is 22.3. The van der Waals surface area contributed by atoms with Crippen LogP contribution in [0.2, 0.25) is 0 Å². The average Bonchev–Trinajstić information content (AvgIpc) is 2.65. The van der Waals surface area contributed by atoms with Crippen molar-refractivity contribution in [1.29, 1.82) is 0 Å². The lowest BCUT2D eigenvalue weighted by Crippen LogP contribution is -2.55. The first-order valence-electron chi connectivity index (χ1n) is 10.7. The van der Waals surface area contributed by atoms with Gasteiger partial charge < -0.3 is 14.6 Å². The molecule has 0 amide bonds. The van der Waals surface area contributed by atoms with Crippen LogP contribution in [-0.4, -0.2) is 30.1 Å². The molecule has 0 bridgehead atoms. The highest BCUT2D eigenvalue weighted by Crippen LogP contribution is 2.59. The van der Waals surface area contributed by atoms with Crippen LogP contribution in [0.3, 0.4) is 0 Å². The summed E-state index contributed by atoms with van der Waals surface area (Å²) in [6.45, 7) is 9.43. The van der Waals surface area contributed by atoms with Crippen LogP contribution in [0.5, 0.6) is 5.75 Å². The summed E-state index contributed by atoms with van der Waals surface area (Å²) in [6.07, 6.45) is 3.58. The second-order valence-corrected chi connectivity index (χ2v) is 9.65. The van der Waals surface area contributed by atoms with Crippen LogP contribution in [0.4, 0.5) is 0 Å². The topological polar surface area (TPSA) is 89.9 Å². The lowest BCUT2D eigenvalue weighted by atomic mass is 9.49. The predicted molar refractivity (Wildman–Crippen MR) is 112 cm³/mol. The van der Waals surface area contributed by atoms with Gasteiger partial charge in [0.2, 0.25) is 0 Å². The van der Waals surface area contributed by atoms with Crippen molar-refractivity contribution >= 4 is 17.9 Å². The third-order valence-corrected chi connectivity index (χ3v) is 7.11. The van der Waals surface area contributed by atoms with Crippen molar-refractivity contribution in [2.75, 3.05) is 7.11 Å². The summed E-state index contributed by atoms with van der Waals surface area (Å²) in [5, 5.41) is 10.6. The molecule has 1 aromatic rings. The Morgan fingerprint density at radius 1 is 1.20 bits per heavy atom. The van der Waals surface area contributed by atoms with E-state index >= 15 is 0 Å². The molecule has 2 aliphatic rings. The second kappa shape index (κ2) is 7.71. The monoisotopic (exact) mass is 416 g/mol. The molecular weight excluding hydrogens is 384 g/mol. The molecule has 0 saturated heterocycles. The summed E-state index contributed by atoms with van der Waals surface area (Å²) in [5.74, 6) is -2.13. The van der Waals surface area contributed by atoms with Crippen molar-refractivity contribution in [2.45, 2.75) is 78.1 Å². The fourth-order valence-electron chi connectivity index (χ4n) is 5.87. The van der Waals surface area contributed by atoms with E-state index in [1.54, 1.807) is 0 Å². The molecule has 0 aromatic heterocycles. The largest absolute Gasteiger partial charge is 0.481 e. The van der Waals surface area contributed by atoms with Crippen LogP contribution in [0.15, 0.2) is 6.07 Å². The molecule has 0 radical (unpaired) electrons. The van der Waals surface area contributed by atoms with Gasteiger partial charge in [-0.1, -0.05) is 40.2 Å². The number of benzene rings is 1. The number of carbonyl (C=O) groups is 3. The zero-order chi connectivity index (χ0) is 22.4. The summed E-state index contributed by atoms with van der Waals surface area (Å²) in [6, 6.07) is 1.94. The van der Waals surface area contributed by atoms with E-state index < -0.39 is 23.3 Å². The highest BCUT2D eigenvalue weighted by atomic mass is 16.5. The van der Waals surface area contributed by atoms with E-state index in [0.717, 1.165) is 30.4 Å². The number of aryl methyl sites for hydroxylation is 1. The maximum Gasteiger partial charge on any atom is 0.342 e. The first-order chi connectivity index (χ1) is 14.0. The number of carboxylic acids is 1. The van der Waals surface area contributed by atoms with E-state index in [2.05, 4.69) is 13.8 Å². The number of fused-ring (bicyclic) bond motifs is 3. The van der Waals surface area contributed by atoms with Gasteiger partial charge in [0.05, 0.1) is 12.5 Å². The molecule has 164 valence electrons. The molecule has 1 N–H and O–H groups in total. The Balaban J connectivity index is 2.46. The zero-order valence-corrected chi connectivity index (χ0v) is 18.8. The number of carboxylic acid groups (broad SMARTS) is 1. The molecule has 0 heterocycles. The fourth-order valence-corrected chi connectivity index (χ4v) is 5.87. The lowest BCUT2D eigenvalue weighted by Gasteiger charge is -2.53. The molecule has 30 heavy (non-hydrogen) atoms. The van der Waals surface area contributed by atoms with Crippen LogP contribution < -0.4 is 4.74 Å². The van der Waals surface area contributed by atoms with Crippen molar-refractivity contribution < 1.29 is 29.0 Å². The smallest absolute Gasteiger partial charge is 0.342 e. The zero-order valence-electron chi connectivity index (χ0n) is 18.8. The summed E-state index contributed by atoms with van der Waals surface area (Å²) < 4.78 is 10.6. The summed E-state index contributed by atoms with van der Waals surface area (Å²) in [4.78, 5) is 37.9. The first-order valence-corrected chi connectivity index (χ1v) is 10.7. The number of hydrogen-bond acceptors (Lipinski definition) is 5. The van der Waals surface area contributed by atoms with Gasteiger partial charge in [-0.2, -0.15) is 0 Å². The van der Waals surface area contributed by atoms with E-state index in [4.69, 9.17) is 9.47 Å². The van der Waals surface area contributed by atoms with Crippen LogP contribution >= 0.6 is 0 Å². The maximum atomic E-state index is 13.1. The number of rotatable bonds is 4. The Hall–Kier alpha value is -2.37. The van der Waals surface area contributed by atoms with E-state index in [1.807, 2.05) is 19.9 Å². The standard InChI is InChI=1S/C24H32O6/c1-13(2)16-12-15-8-9-17-23(4,5)10-7-11-24(17,22(27)28)19(15)18(21(26)29-6)20(16)30-14(3)25/h12-13,17H,7-11H2,1-6H3,(H,27,28)/t17?,24-/m1/s1. The lowest BCUT2D eigenvalue weighted by molar-refractivity contribution is -0.152.